The number of Topliss-reactive ketones (excluding diaryl/α,β-unsaturated/α-hetero) is 1. The summed E-state index contributed by atoms with van der Waals surface area (Å²) in [5, 5.41) is 0. The number of hydrogen-bond acceptors (Lipinski definition) is 1. The molecule has 0 aromatic heterocycles. The van der Waals surface area contributed by atoms with Gasteiger partial charge in [0.2, 0.25) is 0 Å². The number of benzene rings is 1. The van der Waals surface area contributed by atoms with E-state index in [1.54, 1.807) is 0 Å². The molecule has 1 saturated carbocycles. The van der Waals surface area contributed by atoms with E-state index in [-0.39, 0.29) is 38.5 Å². The van der Waals surface area contributed by atoms with Crippen LogP contribution < -0.4 is 0 Å². The Morgan fingerprint density at radius 3 is 2.30 bits per heavy atom. The fraction of sp³-hybridized carbons (Fsp3) is 0.571. The minimum Gasteiger partial charge on any atom is -0.317 e. The first kappa shape index (κ1) is 20.8. The van der Waals surface area contributed by atoms with Crippen LogP contribution in [0.2, 0.25) is 0 Å². The van der Waals surface area contributed by atoms with E-state index in [1.165, 1.54) is 37.7 Å². The second-order valence-electron chi connectivity index (χ2n) is 6.95. The second-order valence-corrected chi connectivity index (χ2v) is 6.95. The third-order valence-electron chi connectivity index (χ3n) is 4.85. The van der Waals surface area contributed by atoms with Crippen molar-refractivity contribution < 1.29 is 37.5 Å². The van der Waals surface area contributed by atoms with Crippen LogP contribution in [0.3, 0.4) is 0 Å². The zero-order valence-corrected chi connectivity index (χ0v) is 17.7. The number of rotatable bonds is 6. The second kappa shape index (κ2) is 10.6. The summed E-state index contributed by atoms with van der Waals surface area (Å²) in [4.78, 5) is 11.7. The zero-order chi connectivity index (χ0) is 15.9. The number of carbonyl (C=O) groups is 1. The van der Waals surface area contributed by atoms with Gasteiger partial charge in [-0.3, -0.25) is 0 Å². The maximum absolute atomic E-state index is 11.7. The number of carbonyl (C=O) groups excluding carboxylic acids is 1. The average Bonchev–Trinajstić information content (AvgIpc) is 2.50. The Balaban J connectivity index is 0.00000264. The van der Waals surface area contributed by atoms with Crippen LogP contribution in [-0.2, 0) is 43.9 Å². The standard InChI is InChI=1S/C21H29O.Y/c1-4-5-21(22)14-17(3)20-12-10-19(11-13-20)15-18-8-6-16(2)7-9-18;/h10-13,16,18H,4-9,15H2,1-3H3;/q-1;. The van der Waals surface area contributed by atoms with E-state index in [0.29, 0.717) is 6.42 Å². The number of allylic oxidation sites excluding steroid dienone is 2. The molecule has 0 spiro atoms. The fourth-order valence-corrected chi connectivity index (χ4v) is 3.33. The Kier molecular flexibility index (Phi) is 9.55. The molecule has 0 bridgehead atoms. The van der Waals surface area contributed by atoms with Crippen LogP contribution >= 0.6 is 0 Å². The minimum absolute atomic E-state index is 0. The van der Waals surface area contributed by atoms with Crippen molar-refractivity contribution in [3.8, 4) is 0 Å². The molecule has 0 saturated heterocycles. The molecular weight excluding hydrogens is 357 g/mol. The molecular formula is C21H29OY-. The summed E-state index contributed by atoms with van der Waals surface area (Å²) in [5.74, 6) is 1.89. The van der Waals surface area contributed by atoms with Gasteiger partial charge in [0.05, 0.1) is 5.78 Å². The van der Waals surface area contributed by atoms with Crippen molar-refractivity contribution in [1.29, 1.82) is 0 Å². The minimum atomic E-state index is 0. The Labute approximate surface area is 167 Å². The maximum atomic E-state index is 11.7. The Bertz CT molecular complexity index is 507. The van der Waals surface area contributed by atoms with Crippen LogP contribution in [0.15, 0.2) is 24.3 Å². The van der Waals surface area contributed by atoms with E-state index in [1.807, 2.05) is 13.8 Å². The van der Waals surface area contributed by atoms with Gasteiger partial charge in [0.25, 0.3) is 0 Å². The molecule has 1 fully saturated rings. The molecule has 0 N–H and O–H groups in total. The topological polar surface area (TPSA) is 17.1 Å². The van der Waals surface area contributed by atoms with Crippen molar-refractivity contribution in [3.05, 3.63) is 41.5 Å². The van der Waals surface area contributed by atoms with Crippen molar-refractivity contribution in [2.45, 2.75) is 65.7 Å². The van der Waals surface area contributed by atoms with Crippen LogP contribution in [0.25, 0.3) is 5.57 Å². The van der Waals surface area contributed by atoms with Gasteiger partial charge in [-0.1, -0.05) is 57.7 Å². The Morgan fingerprint density at radius 2 is 1.74 bits per heavy atom. The monoisotopic (exact) mass is 386 g/mol. The molecule has 0 amide bonds. The van der Waals surface area contributed by atoms with Gasteiger partial charge < -0.3 is 4.79 Å². The first-order valence-electron chi connectivity index (χ1n) is 8.81. The van der Waals surface area contributed by atoms with Crippen LogP contribution in [-0.4, -0.2) is 5.78 Å². The summed E-state index contributed by atoms with van der Waals surface area (Å²) in [6, 6.07) is 8.73. The predicted octanol–water partition coefficient (Wildman–Crippen LogP) is 5.63. The summed E-state index contributed by atoms with van der Waals surface area (Å²) in [7, 11) is 0. The summed E-state index contributed by atoms with van der Waals surface area (Å²) in [6.45, 7) is 6.37. The van der Waals surface area contributed by atoms with Gasteiger partial charge in [-0.05, 0) is 37.5 Å². The van der Waals surface area contributed by atoms with Gasteiger partial charge >= 0.3 is 0 Å². The molecule has 0 heterocycles. The van der Waals surface area contributed by atoms with Gasteiger partial charge in [0, 0.05) is 32.7 Å². The molecule has 0 atom stereocenters. The third-order valence-corrected chi connectivity index (χ3v) is 4.85. The molecule has 2 heteroatoms. The quantitative estimate of drug-likeness (QED) is 0.458. The van der Waals surface area contributed by atoms with Crippen LogP contribution in [0.4, 0.5) is 0 Å². The van der Waals surface area contributed by atoms with E-state index in [0.717, 1.165) is 29.4 Å². The van der Waals surface area contributed by atoms with Crippen molar-refractivity contribution in [1.82, 2.24) is 0 Å². The third kappa shape index (κ3) is 7.02. The molecule has 1 aromatic carbocycles. The van der Waals surface area contributed by atoms with E-state index in [2.05, 4.69) is 37.3 Å². The first-order chi connectivity index (χ1) is 10.6. The first-order valence-corrected chi connectivity index (χ1v) is 8.81. The number of ketones is 1. The van der Waals surface area contributed by atoms with E-state index in [9.17, 15) is 4.79 Å². The Hall–Kier alpha value is -0.266. The van der Waals surface area contributed by atoms with Crippen molar-refractivity contribution in [2.75, 3.05) is 0 Å². The van der Waals surface area contributed by atoms with Crippen LogP contribution in [0, 0.1) is 17.9 Å². The van der Waals surface area contributed by atoms with E-state index < -0.39 is 0 Å². The molecule has 1 aliphatic rings. The van der Waals surface area contributed by atoms with Crippen molar-refractivity contribution >= 4 is 11.4 Å². The molecule has 23 heavy (non-hydrogen) atoms. The summed E-state index contributed by atoms with van der Waals surface area (Å²) >= 11 is 0. The Morgan fingerprint density at radius 1 is 1.13 bits per heavy atom. The fourth-order valence-electron chi connectivity index (χ4n) is 3.33. The summed E-state index contributed by atoms with van der Waals surface area (Å²) < 4.78 is 0. The van der Waals surface area contributed by atoms with Gasteiger partial charge in [-0.25, -0.2) is 11.6 Å². The predicted molar refractivity (Wildman–Crippen MR) is 93.5 cm³/mol. The van der Waals surface area contributed by atoms with Gasteiger partial charge in [-0.2, -0.15) is 5.56 Å². The zero-order valence-electron chi connectivity index (χ0n) is 14.9. The molecule has 1 aliphatic carbocycles. The van der Waals surface area contributed by atoms with Crippen LogP contribution in [0.5, 0.6) is 0 Å². The molecule has 1 radical (unpaired) electrons. The normalized spacial score (nSPS) is 21.6. The summed E-state index contributed by atoms with van der Waals surface area (Å²) in [6.07, 6.45) is 11.2. The smallest absolute Gasteiger partial charge is 0.0669 e. The van der Waals surface area contributed by atoms with Crippen LogP contribution in [0.1, 0.15) is 70.4 Å². The van der Waals surface area contributed by atoms with Gasteiger partial charge in [0.1, 0.15) is 0 Å². The SMILES string of the molecule is CCCC(=O)[C-]=C(C)c1ccc(CC2CCC(C)CC2)cc1.[Y]. The van der Waals surface area contributed by atoms with Crippen molar-refractivity contribution in [3.63, 3.8) is 0 Å². The average molecular weight is 386 g/mol. The molecule has 0 aliphatic heterocycles. The van der Waals surface area contributed by atoms with Gasteiger partial charge in [-0.15, -0.1) is 12.1 Å². The van der Waals surface area contributed by atoms with E-state index >= 15 is 0 Å². The molecule has 2 rings (SSSR count). The maximum Gasteiger partial charge on any atom is 0.0669 e. The molecule has 1 nitrogen and oxygen atoms in total. The molecule has 1 aromatic rings. The van der Waals surface area contributed by atoms with E-state index in [4.69, 9.17) is 0 Å². The number of hydrogen-bond donors (Lipinski definition) is 0. The van der Waals surface area contributed by atoms with Gasteiger partial charge in [0.15, 0.2) is 0 Å². The molecule has 123 valence electrons. The molecule has 0 unspecified atom stereocenters. The van der Waals surface area contributed by atoms with Crippen molar-refractivity contribution in [2.24, 2.45) is 11.8 Å². The largest absolute Gasteiger partial charge is 0.317 e. The summed E-state index contributed by atoms with van der Waals surface area (Å²) in [5.41, 5.74) is 3.50.